The molecular weight excluding hydrogens is 358 g/mol. The zero-order valence-corrected chi connectivity index (χ0v) is 15.6. The van der Waals surface area contributed by atoms with Crippen molar-refractivity contribution in [2.75, 3.05) is 13.3 Å². The highest BCUT2D eigenvalue weighted by Gasteiger charge is 2.20. The fraction of sp³-hybridized carbons (Fsp3) is 0.227. The van der Waals surface area contributed by atoms with Gasteiger partial charge in [-0.05, 0) is 48.9 Å². The van der Waals surface area contributed by atoms with Gasteiger partial charge < -0.3 is 23.5 Å². The zero-order valence-electron chi connectivity index (χ0n) is 15.6. The number of rotatable bonds is 7. The minimum absolute atomic E-state index is 0.161. The Morgan fingerprint density at radius 2 is 1.86 bits per heavy atom. The summed E-state index contributed by atoms with van der Waals surface area (Å²) < 4.78 is 22.1. The van der Waals surface area contributed by atoms with Crippen molar-refractivity contribution in [3.05, 3.63) is 77.7 Å². The highest BCUT2D eigenvalue weighted by atomic mass is 16.7. The fourth-order valence-electron chi connectivity index (χ4n) is 2.98. The Kier molecular flexibility index (Phi) is 5.19. The second-order valence-electron chi connectivity index (χ2n) is 6.37. The van der Waals surface area contributed by atoms with Crippen molar-refractivity contribution in [2.24, 2.45) is 0 Å². The number of fused-ring (bicyclic) bond motifs is 1. The lowest BCUT2D eigenvalue weighted by Gasteiger charge is -2.20. The van der Waals surface area contributed by atoms with Crippen LogP contribution >= 0.6 is 0 Å². The van der Waals surface area contributed by atoms with Gasteiger partial charge in [-0.2, -0.15) is 0 Å². The van der Waals surface area contributed by atoms with Crippen molar-refractivity contribution in [2.45, 2.75) is 20.1 Å². The van der Waals surface area contributed by atoms with Crippen molar-refractivity contribution < 1.29 is 23.4 Å². The molecule has 6 nitrogen and oxygen atoms in total. The molecule has 144 valence electrons. The Labute approximate surface area is 163 Å². The number of hydrogen-bond donors (Lipinski definition) is 0. The lowest BCUT2D eigenvalue weighted by molar-refractivity contribution is 0.0716. The Morgan fingerprint density at radius 1 is 1.04 bits per heavy atom. The van der Waals surface area contributed by atoms with Crippen LogP contribution in [0.1, 0.15) is 28.8 Å². The Morgan fingerprint density at radius 3 is 2.68 bits per heavy atom. The maximum Gasteiger partial charge on any atom is 0.289 e. The molecule has 1 aliphatic heterocycles. The number of ether oxygens (including phenoxy) is 3. The molecule has 2 aromatic carbocycles. The van der Waals surface area contributed by atoms with E-state index in [1.165, 1.54) is 0 Å². The SMILES string of the molecule is CCN(Cc1ccc2c(c1)OCO2)C(=O)c1ccc(COc2ccccc2)o1. The number of carbonyl (C=O) groups excluding carboxylic acids is 1. The topological polar surface area (TPSA) is 61.1 Å². The van der Waals surface area contributed by atoms with Gasteiger partial charge in [-0.25, -0.2) is 0 Å². The molecule has 0 atom stereocenters. The molecule has 0 saturated heterocycles. The van der Waals surface area contributed by atoms with E-state index in [-0.39, 0.29) is 19.3 Å². The maximum atomic E-state index is 12.8. The van der Waals surface area contributed by atoms with E-state index < -0.39 is 0 Å². The molecule has 1 aliphatic rings. The first-order valence-corrected chi connectivity index (χ1v) is 9.17. The monoisotopic (exact) mass is 379 g/mol. The van der Waals surface area contributed by atoms with Gasteiger partial charge in [0.25, 0.3) is 5.91 Å². The van der Waals surface area contributed by atoms with Gasteiger partial charge in [0.15, 0.2) is 17.3 Å². The molecule has 0 radical (unpaired) electrons. The molecule has 0 fully saturated rings. The average molecular weight is 379 g/mol. The fourth-order valence-corrected chi connectivity index (χ4v) is 2.98. The van der Waals surface area contributed by atoms with Crippen molar-refractivity contribution in [1.29, 1.82) is 0 Å². The number of hydrogen-bond acceptors (Lipinski definition) is 5. The van der Waals surface area contributed by atoms with Gasteiger partial charge >= 0.3 is 0 Å². The third-order valence-corrected chi connectivity index (χ3v) is 4.48. The minimum Gasteiger partial charge on any atom is -0.486 e. The summed E-state index contributed by atoms with van der Waals surface area (Å²) in [6.45, 7) is 3.46. The molecule has 0 bridgehead atoms. The predicted octanol–water partition coefficient (Wildman–Crippen LogP) is 4.25. The van der Waals surface area contributed by atoms with Crippen molar-refractivity contribution in [3.63, 3.8) is 0 Å². The van der Waals surface area contributed by atoms with E-state index in [2.05, 4.69) is 0 Å². The van der Waals surface area contributed by atoms with Crippen LogP contribution in [0.25, 0.3) is 0 Å². The van der Waals surface area contributed by atoms with E-state index in [0.717, 1.165) is 17.1 Å². The molecular formula is C22H21NO5. The summed E-state index contributed by atoms with van der Waals surface area (Å²) in [6, 6.07) is 18.6. The van der Waals surface area contributed by atoms with Gasteiger partial charge in [0.05, 0.1) is 0 Å². The van der Waals surface area contributed by atoms with Gasteiger partial charge in [-0.1, -0.05) is 24.3 Å². The van der Waals surface area contributed by atoms with Crippen LogP contribution in [0.4, 0.5) is 0 Å². The van der Waals surface area contributed by atoms with Crippen molar-refractivity contribution in [1.82, 2.24) is 4.90 Å². The van der Waals surface area contributed by atoms with Crippen LogP contribution in [0.2, 0.25) is 0 Å². The molecule has 0 saturated carbocycles. The smallest absolute Gasteiger partial charge is 0.289 e. The standard InChI is InChI=1S/C22H21NO5/c1-2-23(13-16-8-10-19-21(12-16)27-15-26-19)22(24)20-11-9-18(28-20)14-25-17-6-4-3-5-7-17/h3-12H,2,13-15H2,1H3. The summed E-state index contributed by atoms with van der Waals surface area (Å²) in [7, 11) is 0. The predicted molar refractivity (Wildman–Crippen MR) is 102 cm³/mol. The number of benzene rings is 2. The average Bonchev–Trinajstić information content (AvgIpc) is 3.40. The first-order chi connectivity index (χ1) is 13.7. The molecule has 1 amide bonds. The molecule has 3 aromatic rings. The van der Waals surface area contributed by atoms with Crippen molar-refractivity contribution in [3.8, 4) is 17.2 Å². The second kappa shape index (κ2) is 8.08. The zero-order chi connectivity index (χ0) is 19.3. The van der Waals surface area contributed by atoms with E-state index >= 15 is 0 Å². The normalized spacial score (nSPS) is 12.0. The maximum absolute atomic E-state index is 12.8. The third kappa shape index (κ3) is 3.96. The van der Waals surface area contributed by atoms with E-state index in [9.17, 15) is 4.79 Å². The Balaban J connectivity index is 1.40. The highest BCUT2D eigenvalue weighted by molar-refractivity contribution is 5.91. The quantitative estimate of drug-likeness (QED) is 0.614. The molecule has 0 N–H and O–H groups in total. The second-order valence-corrected chi connectivity index (χ2v) is 6.37. The lowest BCUT2D eigenvalue weighted by Crippen LogP contribution is -2.30. The van der Waals surface area contributed by atoms with Gasteiger partial charge in [0.2, 0.25) is 6.79 Å². The van der Waals surface area contributed by atoms with Crippen LogP contribution in [0, 0.1) is 0 Å². The number of furan rings is 1. The molecule has 6 heteroatoms. The summed E-state index contributed by atoms with van der Waals surface area (Å²) in [5, 5.41) is 0. The molecule has 2 heterocycles. The van der Waals surface area contributed by atoms with Crippen LogP contribution < -0.4 is 14.2 Å². The van der Waals surface area contributed by atoms with Crippen LogP contribution in [0.3, 0.4) is 0 Å². The van der Waals surface area contributed by atoms with Crippen LogP contribution in [0.5, 0.6) is 17.2 Å². The summed E-state index contributed by atoms with van der Waals surface area (Å²) >= 11 is 0. The Bertz CT molecular complexity index is 951. The van der Waals surface area contributed by atoms with E-state index in [0.29, 0.717) is 30.4 Å². The number of nitrogens with zero attached hydrogens (tertiary/aromatic N) is 1. The van der Waals surface area contributed by atoms with E-state index in [4.69, 9.17) is 18.6 Å². The molecule has 0 spiro atoms. The molecule has 4 rings (SSSR count). The molecule has 0 unspecified atom stereocenters. The molecule has 1 aromatic heterocycles. The summed E-state index contributed by atoms with van der Waals surface area (Å²) in [6.07, 6.45) is 0. The molecule has 0 aliphatic carbocycles. The summed E-state index contributed by atoms with van der Waals surface area (Å²) in [4.78, 5) is 14.6. The van der Waals surface area contributed by atoms with Gasteiger partial charge in [-0.3, -0.25) is 4.79 Å². The first-order valence-electron chi connectivity index (χ1n) is 9.17. The number of para-hydroxylation sites is 1. The largest absolute Gasteiger partial charge is 0.486 e. The van der Waals surface area contributed by atoms with Gasteiger partial charge in [0, 0.05) is 13.1 Å². The molecule has 28 heavy (non-hydrogen) atoms. The van der Waals surface area contributed by atoms with Crippen LogP contribution in [0.15, 0.2) is 65.1 Å². The number of amides is 1. The van der Waals surface area contributed by atoms with Crippen LogP contribution in [-0.2, 0) is 13.2 Å². The van der Waals surface area contributed by atoms with Gasteiger partial charge in [0.1, 0.15) is 18.1 Å². The minimum atomic E-state index is -0.161. The lowest BCUT2D eigenvalue weighted by atomic mass is 10.2. The van der Waals surface area contributed by atoms with Gasteiger partial charge in [-0.15, -0.1) is 0 Å². The summed E-state index contributed by atoms with van der Waals surface area (Å²) in [5.41, 5.74) is 0.971. The first kappa shape index (κ1) is 18.0. The summed E-state index contributed by atoms with van der Waals surface area (Å²) in [5.74, 6) is 2.93. The van der Waals surface area contributed by atoms with Crippen molar-refractivity contribution >= 4 is 5.91 Å². The highest BCUT2D eigenvalue weighted by Crippen LogP contribution is 2.33. The Hall–Kier alpha value is -3.41. The van der Waals surface area contributed by atoms with Crippen LogP contribution in [-0.4, -0.2) is 24.1 Å². The van der Waals surface area contributed by atoms with E-state index in [1.54, 1.807) is 17.0 Å². The third-order valence-electron chi connectivity index (χ3n) is 4.48. The number of carbonyl (C=O) groups is 1. The van der Waals surface area contributed by atoms with E-state index in [1.807, 2.05) is 55.5 Å².